The standard InChI is InChI=1S/C13H16N2O4/c1-3-4-5-6-11(19-8-7-16)15-9-10(2)12(17)14-13(15)18/h1,5-6,9,11,16H,4,7-8H2,2H3,(H,14,17,18)/b6-5-/t11-/m1/s1. The van der Waals surface area contributed by atoms with Gasteiger partial charge in [0, 0.05) is 18.2 Å². The summed E-state index contributed by atoms with van der Waals surface area (Å²) in [5, 5.41) is 8.78. The molecular weight excluding hydrogens is 248 g/mol. The number of aryl methyl sites for hydroxylation is 1. The molecule has 0 aliphatic rings. The van der Waals surface area contributed by atoms with Crippen LogP contribution in [0.3, 0.4) is 0 Å². The van der Waals surface area contributed by atoms with E-state index in [0.717, 1.165) is 0 Å². The van der Waals surface area contributed by atoms with Crippen LogP contribution in [0.5, 0.6) is 0 Å². The number of aromatic nitrogens is 2. The van der Waals surface area contributed by atoms with Gasteiger partial charge in [0.1, 0.15) is 0 Å². The topological polar surface area (TPSA) is 84.3 Å². The van der Waals surface area contributed by atoms with Crippen molar-refractivity contribution in [2.24, 2.45) is 0 Å². The molecule has 1 aromatic heterocycles. The van der Waals surface area contributed by atoms with Gasteiger partial charge in [-0.3, -0.25) is 14.3 Å². The molecule has 1 aromatic rings. The highest BCUT2D eigenvalue weighted by molar-refractivity contribution is 5.04. The lowest BCUT2D eigenvalue weighted by atomic mass is 10.3. The summed E-state index contributed by atoms with van der Waals surface area (Å²) in [4.78, 5) is 25.2. The van der Waals surface area contributed by atoms with E-state index < -0.39 is 17.5 Å². The maximum Gasteiger partial charge on any atom is 0.330 e. The summed E-state index contributed by atoms with van der Waals surface area (Å²) in [5.41, 5.74) is -0.624. The Morgan fingerprint density at radius 1 is 1.63 bits per heavy atom. The molecule has 6 nitrogen and oxygen atoms in total. The van der Waals surface area contributed by atoms with Gasteiger partial charge in [0.25, 0.3) is 5.56 Å². The number of allylic oxidation sites excluding steroid dienone is 1. The Morgan fingerprint density at radius 3 is 3.00 bits per heavy atom. The summed E-state index contributed by atoms with van der Waals surface area (Å²) < 4.78 is 6.57. The molecular formula is C13H16N2O4. The van der Waals surface area contributed by atoms with Crippen LogP contribution in [0.1, 0.15) is 18.2 Å². The van der Waals surface area contributed by atoms with Gasteiger partial charge in [0.05, 0.1) is 13.2 Å². The van der Waals surface area contributed by atoms with E-state index in [1.807, 2.05) is 0 Å². The zero-order valence-corrected chi connectivity index (χ0v) is 10.6. The van der Waals surface area contributed by atoms with Crippen molar-refractivity contribution in [1.82, 2.24) is 9.55 Å². The minimum atomic E-state index is -0.719. The number of aliphatic hydroxyl groups excluding tert-OH is 1. The van der Waals surface area contributed by atoms with Gasteiger partial charge in [0.15, 0.2) is 6.23 Å². The molecule has 0 spiro atoms. The molecule has 0 saturated heterocycles. The maximum absolute atomic E-state index is 11.7. The van der Waals surface area contributed by atoms with Crippen molar-refractivity contribution in [3.8, 4) is 12.3 Å². The number of hydrogen-bond acceptors (Lipinski definition) is 4. The average Bonchev–Trinajstić information content (AvgIpc) is 2.38. The van der Waals surface area contributed by atoms with Crippen molar-refractivity contribution in [3.05, 3.63) is 44.8 Å². The van der Waals surface area contributed by atoms with Crippen molar-refractivity contribution in [1.29, 1.82) is 0 Å². The third-order valence-electron chi connectivity index (χ3n) is 2.34. The van der Waals surface area contributed by atoms with E-state index in [2.05, 4.69) is 10.9 Å². The predicted octanol–water partition coefficient (Wildman–Crippen LogP) is -0.0680. The highest BCUT2D eigenvalue weighted by atomic mass is 16.5. The van der Waals surface area contributed by atoms with Gasteiger partial charge < -0.3 is 9.84 Å². The van der Waals surface area contributed by atoms with E-state index in [9.17, 15) is 9.59 Å². The van der Waals surface area contributed by atoms with Crippen LogP contribution in [0.2, 0.25) is 0 Å². The quantitative estimate of drug-likeness (QED) is 0.556. The van der Waals surface area contributed by atoms with Crippen molar-refractivity contribution in [2.45, 2.75) is 19.6 Å². The van der Waals surface area contributed by atoms with Crippen molar-refractivity contribution in [3.63, 3.8) is 0 Å². The van der Waals surface area contributed by atoms with Crippen molar-refractivity contribution < 1.29 is 9.84 Å². The van der Waals surface area contributed by atoms with Crippen LogP contribution < -0.4 is 11.2 Å². The molecule has 0 radical (unpaired) electrons. The molecule has 0 aromatic carbocycles. The molecule has 19 heavy (non-hydrogen) atoms. The smallest absolute Gasteiger partial charge is 0.330 e. The minimum Gasteiger partial charge on any atom is -0.394 e. The minimum absolute atomic E-state index is 0.0652. The molecule has 1 heterocycles. The lowest BCUT2D eigenvalue weighted by molar-refractivity contribution is 0.0124. The van der Waals surface area contributed by atoms with Crippen LogP contribution in [0.15, 0.2) is 27.9 Å². The number of H-pyrrole nitrogens is 1. The first-order chi connectivity index (χ1) is 9.10. The molecule has 6 heteroatoms. The van der Waals surface area contributed by atoms with E-state index in [4.69, 9.17) is 16.3 Å². The molecule has 0 saturated carbocycles. The average molecular weight is 264 g/mol. The summed E-state index contributed by atoms with van der Waals surface area (Å²) in [5.74, 6) is 2.43. The molecule has 1 atom stereocenters. The summed E-state index contributed by atoms with van der Waals surface area (Å²) in [6.07, 6.45) is 9.50. The van der Waals surface area contributed by atoms with E-state index >= 15 is 0 Å². The fourth-order valence-corrected chi connectivity index (χ4v) is 1.43. The molecule has 1 rings (SSSR count). The monoisotopic (exact) mass is 264 g/mol. The lowest BCUT2D eigenvalue weighted by Gasteiger charge is -2.16. The highest BCUT2D eigenvalue weighted by Gasteiger charge is 2.10. The SMILES string of the molecule is C#CC/C=C\[C@@H](OCCO)n1cc(C)c(=O)[nH]c1=O. The third kappa shape index (κ3) is 4.25. The lowest BCUT2D eigenvalue weighted by Crippen LogP contribution is -2.33. The van der Waals surface area contributed by atoms with E-state index in [1.165, 1.54) is 10.8 Å². The van der Waals surface area contributed by atoms with Gasteiger partial charge in [-0.2, -0.15) is 0 Å². The zero-order chi connectivity index (χ0) is 14.3. The molecule has 0 fully saturated rings. The van der Waals surface area contributed by atoms with Gasteiger partial charge in [-0.25, -0.2) is 4.79 Å². The van der Waals surface area contributed by atoms with Crippen LogP contribution >= 0.6 is 0 Å². The first-order valence-electron chi connectivity index (χ1n) is 5.74. The molecule has 2 N–H and O–H groups in total. The fourth-order valence-electron chi connectivity index (χ4n) is 1.43. The molecule has 0 unspecified atom stereocenters. The first-order valence-corrected chi connectivity index (χ1v) is 5.74. The Bertz CT molecular complexity index is 592. The second-order valence-electron chi connectivity index (χ2n) is 3.80. The van der Waals surface area contributed by atoms with E-state index in [1.54, 1.807) is 19.1 Å². The van der Waals surface area contributed by atoms with Crippen molar-refractivity contribution >= 4 is 0 Å². The van der Waals surface area contributed by atoms with Crippen LogP contribution in [-0.4, -0.2) is 27.9 Å². The van der Waals surface area contributed by atoms with E-state index in [-0.39, 0.29) is 13.2 Å². The van der Waals surface area contributed by atoms with Crippen LogP contribution in [-0.2, 0) is 4.74 Å². The molecule has 0 bridgehead atoms. The Morgan fingerprint density at radius 2 is 2.37 bits per heavy atom. The summed E-state index contributed by atoms with van der Waals surface area (Å²) in [6, 6.07) is 0. The zero-order valence-electron chi connectivity index (χ0n) is 10.6. The summed E-state index contributed by atoms with van der Waals surface area (Å²) in [7, 11) is 0. The molecule has 0 aliphatic carbocycles. The Balaban J connectivity index is 3.10. The van der Waals surface area contributed by atoms with E-state index in [0.29, 0.717) is 12.0 Å². The highest BCUT2D eigenvalue weighted by Crippen LogP contribution is 2.08. The van der Waals surface area contributed by atoms with Gasteiger partial charge >= 0.3 is 5.69 Å². The molecule has 0 aliphatic heterocycles. The van der Waals surface area contributed by atoms with Crippen LogP contribution in [0, 0.1) is 19.3 Å². The summed E-state index contributed by atoms with van der Waals surface area (Å²) >= 11 is 0. The number of nitrogens with one attached hydrogen (secondary N) is 1. The number of ether oxygens (including phenoxy) is 1. The Labute approximate surface area is 110 Å². The fraction of sp³-hybridized carbons (Fsp3) is 0.385. The second-order valence-corrected chi connectivity index (χ2v) is 3.80. The normalized spacial score (nSPS) is 12.5. The largest absolute Gasteiger partial charge is 0.394 e. The number of aromatic amines is 1. The number of terminal acetylenes is 1. The van der Waals surface area contributed by atoms with Gasteiger partial charge in [-0.15, -0.1) is 12.3 Å². The van der Waals surface area contributed by atoms with Crippen LogP contribution in [0.25, 0.3) is 0 Å². The second kappa shape index (κ2) is 7.36. The first kappa shape index (κ1) is 15.0. The number of aliphatic hydroxyl groups is 1. The third-order valence-corrected chi connectivity index (χ3v) is 2.34. The number of rotatable bonds is 6. The van der Waals surface area contributed by atoms with Gasteiger partial charge in [-0.1, -0.05) is 6.08 Å². The van der Waals surface area contributed by atoms with Crippen molar-refractivity contribution in [2.75, 3.05) is 13.2 Å². The predicted molar refractivity (Wildman–Crippen MR) is 70.7 cm³/mol. The molecule has 0 amide bonds. The summed E-state index contributed by atoms with van der Waals surface area (Å²) in [6.45, 7) is 1.48. The molecule has 102 valence electrons. The number of hydrogen-bond donors (Lipinski definition) is 2. The maximum atomic E-state index is 11.7. The van der Waals surface area contributed by atoms with Gasteiger partial charge in [0.2, 0.25) is 0 Å². The number of nitrogens with zero attached hydrogens (tertiary/aromatic N) is 1. The van der Waals surface area contributed by atoms with Crippen LogP contribution in [0.4, 0.5) is 0 Å². The van der Waals surface area contributed by atoms with Gasteiger partial charge in [-0.05, 0) is 13.0 Å². The Hall–Kier alpha value is -2.10. The Kier molecular flexibility index (Phi) is 5.79.